The van der Waals surface area contributed by atoms with Crippen molar-refractivity contribution in [3.05, 3.63) is 89.0 Å². The minimum atomic E-state index is -1.05. The maximum Gasteiger partial charge on any atom is 0.326 e. The van der Waals surface area contributed by atoms with Crippen molar-refractivity contribution in [1.29, 1.82) is 0 Å². The molecule has 3 aromatic rings. The van der Waals surface area contributed by atoms with Gasteiger partial charge in [0, 0.05) is 22.3 Å². The van der Waals surface area contributed by atoms with Gasteiger partial charge in [-0.2, -0.15) is 0 Å². The standard InChI is InChI=1S/C23H18ClFN2O3/c24-18-4-2-1-3-17(18)20-9-10-21(23(29)30)27(20)22(28)15-7-5-14(6-8-15)16-11-12-26-13-19(16)25/h1-8,11-13,20-21H,9-10H2,(H,29,30)/t20-,21+/m1/s1. The van der Waals surface area contributed by atoms with Crippen molar-refractivity contribution < 1.29 is 19.1 Å². The summed E-state index contributed by atoms with van der Waals surface area (Å²) in [5.41, 5.74) is 2.04. The van der Waals surface area contributed by atoms with Gasteiger partial charge in [0.2, 0.25) is 0 Å². The second kappa shape index (κ2) is 8.24. The second-order valence-electron chi connectivity index (χ2n) is 7.11. The summed E-state index contributed by atoms with van der Waals surface area (Å²) < 4.78 is 14.0. The molecule has 0 aliphatic carbocycles. The number of amides is 1. The number of carbonyl (C=O) groups is 2. The highest BCUT2D eigenvalue weighted by Gasteiger charge is 2.42. The highest BCUT2D eigenvalue weighted by molar-refractivity contribution is 6.31. The van der Waals surface area contributed by atoms with Crippen molar-refractivity contribution in [2.24, 2.45) is 0 Å². The minimum absolute atomic E-state index is 0.332. The summed E-state index contributed by atoms with van der Waals surface area (Å²) in [6.45, 7) is 0. The van der Waals surface area contributed by atoms with E-state index in [2.05, 4.69) is 4.98 Å². The largest absolute Gasteiger partial charge is 0.480 e. The summed E-state index contributed by atoms with van der Waals surface area (Å²) in [6, 6.07) is 13.8. The molecule has 1 saturated heterocycles. The molecule has 2 aromatic carbocycles. The summed E-state index contributed by atoms with van der Waals surface area (Å²) in [5, 5.41) is 10.2. The third-order valence-corrected chi connectivity index (χ3v) is 5.73. The van der Waals surface area contributed by atoms with Crippen LogP contribution in [0.1, 0.15) is 34.8 Å². The van der Waals surface area contributed by atoms with E-state index in [1.165, 1.54) is 11.1 Å². The van der Waals surface area contributed by atoms with Crippen molar-refractivity contribution in [3.63, 3.8) is 0 Å². The van der Waals surface area contributed by atoms with Crippen LogP contribution in [0.3, 0.4) is 0 Å². The monoisotopic (exact) mass is 424 g/mol. The topological polar surface area (TPSA) is 70.5 Å². The summed E-state index contributed by atoms with van der Waals surface area (Å²) in [4.78, 5) is 30.2. The van der Waals surface area contributed by atoms with E-state index >= 15 is 0 Å². The van der Waals surface area contributed by atoms with E-state index in [4.69, 9.17) is 11.6 Å². The number of pyridine rings is 1. The lowest BCUT2D eigenvalue weighted by Crippen LogP contribution is -2.41. The van der Waals surface area contributed by atoms with Gasteiger partial charge in [-0.05, 0) is 48.2 Å². The molecule has 5 nitrogen and oxygen atoms in total. The van der Waals surface area contributed by atoms with Gasteiger partial charge in [0.15, 0.2) is 0 Å². The van der Waals surface area contributed by atoms with E-state index < -0.39 is 29.8 Å². The van der Waals surface area contributed by atoms with Crippen LogP contribution in [0, 0.1) is 5.82 Å². The molecule has 2 heterocycles. The zero-order chi connectivity index (χ0) is 21.3. The smallest absolute Gasteiger partial charge is 0.326 e. The number of aliphatic carboxylic acids is 1. The molecule has 1 aliphatic heterocycles. The number of carboxylic acids is 1. The zero-order valence-electron chi connectivity index (χ0n) is 15.8. The quantitative estimate of drug-likeness (QED) is 0.641. The van der Waals surface area contributed by atoms with Crippen LogP contribution in [0.2, 0.25) is 5.02 Å². The summed E-state index contributed by atoms with van der Waals surface area (Å²) in [7, 11) is 0. The molecule has 30 heavy (non-hydrogen) atoms. The van der Waals surface area contributed by atoms with Gasteiger partial charge in [0.1, 0.15) is 11.9 Å². The van der Waals surface area contributed by atoms with E-state index in [9.17, 15) is 19.1 Å². The molecular weight excluding hydrogens is 407 g/mol. The second-order valence-corrected chi connectivity index (χ2v) is 7.52. The van der Waals surface area contributed by atoms with Crippen LogP contribution in [0.5, 0.6) is 0 Å². The Balaban J connectivity index is 1.68. The Hall–Kier alpha value is -3.25. The Labute approximate surface area is 177 Å². The fourth-order valence-electron chi connectivity index (χ4n) is 3.94. The molecule has 2 atom stereocenters. The van der Waals surface area contributed by atoms with Gasteiger partial charge in [-0.3, -0.25) is 9.78 Å². The predicted octanol–water partition coefficient (Wildman–Crippen LogP) is 4.97. The van der Waals surface area contributed by atoms with Crippen molar-refractivity contribution in [2.75, 3.05) is 0 Å². The Morgan fingerprint density at radius 3 is 2.47 bits per heavy atom. The van der Waals surface area contributed by atoms with E-state index in [0.29, 0.717) is 34.6 Å². The number of aromatic nitrogens is 1. The first-order valence-corrected chi connectivity index (χ1v) is 9.85. The van der Waals surface area contributed by atoms with Gasteiger partial charge in [-0.1, -0.05) is 41.9 Å². The third-order valence-electron chi connectivity index (χ3n) is 5.38. The van der Waals surface area contributed by atoms with E-state index in [0.717, 1.165) is 11.8 Å². The Morgan fingerprint density at radius 1 is 1.07 bits per heavy atom. The molecule has 1 aliphatic rings. The molecule has 0 saturated carbocycles. The lowest BCUT2D eigenvalue weighted by atomic mass is 10.0. The number of carboxylic acid groups (broad SMARTS) is 1. The van der Waals surface area contributed by atoms with Crippen molar-refractivity contribution in [3.8, 4) is 11.1 Å². The minimum Gasteiger partial charge on any atom is -0.480 e. The number of benzene rings is 2. The molecular formula is C23H18ClFN2O3. The molecule has 152 valence electrons. The molecule has 1 aromatic heterocycles. The first kappa shape index (κ1) is 20.0. The third kappa shape index (κ3) is 3.66. The molecule has 1 N–H and O–H groups in total. The lowest BCUT2D eigenvalue weighted by molar-refractivity contribution is -0.141. The van der Waals surface area contributed by atoms with Crippen LogP contribution >= 0.6 is 11.6 Å². The van der Waals surface area contributed by atoms with Crippen LogP contribution in [0.25, 0.3) is 11.1 Å². The van der Waals surface area contributed by atoms with Gasteiger partial charge in [0.25, 0.3) is 5.91 Å². The first-order chi connectivity index (χ1) is 14.5. The van der Waals surface area contributed by atoms with E-state index in [1.54, 1.807) is 42.5 Å². The molecule has 4 rings (SSSR count). The molecule has 1 fully saturated rings. The molecule has 0 spiro atoms. The van der Waals surface area contributed by atoms with Gasteiger partial charge in [-0.15, -0.1) is 0 Å². The number of hydrogen-bond donors (Lipinski definition) is 1. The molecule has 0 radical (unpaired) electrons. The van der Waals surface area contributed by atoms with Gasteiger partial charge >= 0.3 is 5.97 Å². The van der Waals surface area contributed by atoms with E-state index in [-0.39, 0.29) is 0 Å². The normalized spacial score (nSPS) is 18.4. The summed E-state index contributed by atoms with van der Waals surface area (Å²) in [5.74, 6) is -1.90. The van der Waals surface area contributed by atoms with Crippen LogP contribution < -0.4 is 0 Å². The number of nitrogens with zero attached hydrogens (tertiary/aromatic N) is 2. The Kier molecular flexibility index (Phi) is 5.50. The fraction of sp³-hybridized carbons (Fsp3) is 0.174. The van der Waals surface area contributed by atoms with Gasteiger partial charge in [0.05, 0.1) is 12.2 Å². The maximum absolute atomic E-state index is 14.0. The number of rotatable bonds is 4. The Bertz CT molecular complexity index is 1100. The van der Waals surface area contributed by atoms with Crippen LogP contribution in [-0.2, 0) is 4.79 Å². The van der Waals surface area contributed by atoms with Crippen LogP contribution in [-0.4, -0.2) is 32.9 Å². The molecule has 0 unspecified atom stereocenters. The van der Waals surface area contributed by atoms with E-state index in [1.807, 2.05) is 12.1 Å². The lowest BCUT2D eigenvalue weighted by Gasteiger charge is -2.29. The fourth-order valence-corrected chi connectivity index (χ4v) is 4.20. The van der Waals surface area contributed by atoms with Crippen molar-refractivity contribution >= 4 is 23.5 Å². The van der Waals surface area contributed by atoms with Crippen molar-refractivity contribution in [2.45, 2.75) is 24.9 Å². The predicted molar refractivity (Wildman–Crippen MR) is 111 cm³/mol. The maximum atomic E-state index is 14.0. The van der Waals surface area contributed by atoms with Gasteiger partial charge < -0.3 is 10.0 Å². The van der Waals surface area contributed by atoms with Crippen molar-refractivity contribution in [1.82, 2.24) is 9.88 Å². The summed E-state index contributed by atoms with van der Waals surface area (Å²) >= 11 is 6.33. The Morgan fingerprint density at radius 2 is 1.80 bits per heavy atom. The number of halogens is 2. The first-order valence-electron chi connectivity index (χ1n) is 9.47. The average molecular weight is 425 g/mol. The number of hydrogen-bond acceptors (Lipinski definition) is 3. The number of carbonyl (C=O) groups excluding carboxylic acids is 1. The number of likely N-dealkylation sites (tertiary alicyclic amines) is 1. The highest BCUT2D eigenvalue weighted by atomic mass is 35.5. The molecule has 7 heteroatoms. The van der Waals surface area contributed by atoms with Crippen LogP contribution in [0.4, 0.5) is 4.39 Å². The molecule has 0 bridgehead atoms. The zero-order valence-corrected chi connectivity index (χ0v) is 16.6. The average Bonchev–Trinajstić information content (AvgIpc) is 3.19. The highest BCUT2D eigenvalue weighted by Crippen LogP contribution is 2.40. The SMILES string of the molecule is O=C(O)[C@@H]1CC[C@H](c2ccccc2Cl)N1C(=O)c1ccc(-c2ccncc2F)cc1. The van der Waals surface area contributed by atoms with Crippen LogP contribution in [0.15, 0.2) is 67.0 Å². The molecule has 1 amide bonds. The summed E-state index contributed by atoms with van der Waals surface area (Å²) in [6.07, 6.45) is 3.47. The van der Waals surface area contributed by atoms with Gasteiger partial charge in [-0.25, -0.2) is 9.18 Å².